The van der Waals surface area contributed by atoms with Crippen LogP contribution in [0.5, 0.6) is 5.75 Å². The van der Waals surface area contributed by atoms with Gasteiger partial charge in [0.1, 0.15) is 17.2 Å². The molecule has 0 saturated heterocycles. The number of fused-ring (bicyclic) bond motifs is 1. The maximum Gasteiger partial charge on any atom is 0.408 e. The summed E-state index contributed by atoms with van der Waals surface area (Å²) < 4.78 is 12.4. The molecule has 30 heavy (non-hydrogen) atoms. The van der Waals surface area contributed by atoms with Crippen molar-refractivity contribution in [3.63, 3.8) is 0 Å². The molecule has 1 aromatic heterocycles. The molecule has 0 fully saturated rings. The third-order valence-electron chi connectivity index (χ3n) is 4.33. The SMILES string of the molecule is CCOc1ccc(-n2c(C(C)NC(=O)OC(C)(C)C)nc3ccccc3c2=O)cc1. The summed E-state index contributed by atoms with van der Waals surface area (Å²) in [7, 11) is 0. The number of carbonyl (C=O) groups is 1. The van der Waals surface area contributed by atoms with Gasteiger partial charge in [-0.1, -0.05) is 12.1 Å². The minimum absolute atomic E-state index is 0.211. The number of ether oxygens (including phenoxy) is 2. The van der Waals surface area contributed by atoms with Crippen LogP contribution >= 0.6 is 0 Å². The number of nitrogens with zero attached hydrogens (tertiary/aromatic N) is 2. The highest BCUT2D eigenvalue weighted by Crippen LogP contribution is 2.21. The Morgan fingerprint density at radius 1 is 1.13 bits per heavy atom. The van der Waals surface area contributed by atoms with Crippen LogP contribution in [-0.2, 0) is 4.74 Å². The minimum Gasteiger partial charge on any atom is -0.494 e. The fourth-order valence-corrected chi connectivity index (χ4v) is 3.10. The zero-order chi connectivity index (χ0) is 21.9. The van der Waals surface area contributed by atoms with E-state index in [4.69, 9.17) is 9.47 Å². The molecule has 3 aromatic rings. The van der Waals surface area contributed by atoms with E-state index >= 15 is 0 Å². The summed E-state index contributed by atoms with van der Waals surface area (Å²) in [5.41, 5.74) is 0.361. The number of hydrogen-bond donors (Lipinski definition) is 1. The summed E-state index contributed by atoms with van der Waals surface area (Å²) in [6, 6.07) is 13.8. The van der Waals surface area contributed by atoms with Gasteiger partial charge in [0, 0.05) is 0 Å². The maximum atomic E-state index is 13.3. The molecule has 0 saturated carbocycles. The average molecular weight is 409 g/mol. The van der Waals surface area contributed by atoms with Gasteiger partial charge < -0.3 is 14.8 Å². The van der Waals surface area contributed by atoms with Crippen molar-refractivity contribution in [2.75, 3.05) is 6.61 Å². The molecule has 0 bridgehead atoms. The number of amides is 1. The molecule has 1 N–H and O–H groups in total. The van der Waals surface area contributed by atoms with Crippen LogP contribution < -0.4 is 15.6 Å². The van der Waals surface area contributed by atoms with Gasteiger partial charge >= 0.3 is 6.09 Å². The molecule has 3 rings (SSSR count). The summed E-state index contributed by atoms with van der Waals surface area (Å²) in [5, 5.41) is 3.28. The number of carbonyl (C=O) groups excluding carboxylic acids is 1. The number of aromatic nitrogens is 2. The summed E-state index contributed by atoms with van der Waals surface area (Å²) in [6.45, 7) is 9.61. The van der Waals surface area contributed by atoms with E-state index in [1.165, 1.54) is 4.57 Å². The number of benzene rings is 2. The monoisotopic (exact) mass is 409 g/mol. The van der Waals surface area contributed by atoms with Gasteiger partial charge in [-0.15, -0.1) is 0 Å². The molecule has 1 unspecified atom stereocenters. The van der Waals surface area contributed by atoms with Crippen molar-refractivity contribution in [2.45, 2.75) is 46.3 Å². The van der Waals surface area contributed by atoms with E-state index in [9.17, 15) is 9.59 Å². The van der Waals surface area contributed by atoms with Gasteiger partial charge in [0.05, 0.1) is 29.2 Å². The summed E-state index contributed by atoms with van der Waals surface area (Å²) in [4.78, 5) is 30.3. The second-order valence-corrected chi connectivity index (χ2v) is 7.92. The fourth-order valence-electron chi connectivity index (χ4n) is 3.10. The first-order valence-electron chi connectivity index (χ1n) is 9.94. The van der Waals surface area contributed by atoms with Gasteiger partial charge in [-0.25, -0.2) is 9.78 Å². The normalized spacial score (nSPS) is 12.4. The molecule has 1 amide bonds. The van der Waals surface area contributed by atoms with Crippen molar-refractivity contribution in [1.29, 1.82) is 0 Å². The molecule has 0 aliphatic carbocycles. The Morgan fingerprint density at radius 3 is 2.43 bits per heavy atom. The minimum atomic E-state index is -0.630. The summed E-state index contributed by atoms with van der Waals surface area (Å²) in [6.07, 6.45) is -0.573. The number of nitrogens with one attached hydrogen (secondary N) is 1. The topological polar surface area (TPSA) is 82.4 Å². The lowest BCUT2D eigenvalue weighted by Crippen LogP contribution is -2.36. The van der Waals surface area contributed by atoms with E-state index < -0.39 is 17.7 Å². The van der Waals surface area contributed by atoms with E-state index in [0.29, 0.717) is 34.8 Å². The first kappa shape index (κ1) is 21.4. The third kappa shape index (κ3) is 4.79. The Kier molecular flexibility index (Phi) is 6.10. The predicted octanol–water partition coefficient (Wildman–Crippen LogP) is 4.37. The quantitative estimate of drug-likeness (QED) is 0.677. The Balaban J connectivity index is 2.09. The van der Waals surface area contributed by atoms with Crippen molar-refractivity contribution in [2.24, 2.45) is 0 Å². The van der Waals surface area contributed by atoms with E-state index in [1.807, 2.05) is 13.0 Å². The Labute approximate surface area is 175 Å². The molecular formula is C23H27N3O4. The zero-order valence-corrected chi connectivity index (χ0v) is 17.9. The molecule has 1 atom stereocenters. The lowest BCUT2D eigenvalue weighted by atomic mass is 10.2. The number of alkyl carbamates (subject to hydrolysis) is 1. The molecule has 0 radical (unpaired) electrons. The van der Waals surface area contributed by atoms with E-state index in [0.717, 1.165) is 0 Å². The second-order valence-electron chi connectivity index (χ2n) is 7.92. The van der Waals surface area contributed by atoms with Crippen molar-refractivity contribution in [3.8, 4) is 11.4 Å². The average Bonchev–Trinajstić information content (AvgIpc) is 2.67. The number of para-hydroxylation sites is 1. The van der Waals surface area contributed by atoms with E-state index in [-0.39, 0.29) is 5.56 Å². The van der Waals surface area contributed by atoms with Crippen molar-refractivity contribution >= 4 is 17.0 Å². The van der Waals surface area contributed by atoms with E-state index in [2.05, 4.69) is 10.3 Å². The van der Waals surface area contributed by atoms with Gasteiger partial charge in [0.2, 0.25) is 0 Å². The summed E-state index contributed by atoms with van der Waals surface area (Å²) in [5.74, 6) is 1.12. The molecule has 7 nitrogen and oxygen atoms in total. The Bertz CT molecular complexity index is 1100. The van der Waals surface area contributed by atoms with Crippen LogP contribution in [0.2, 0.25) is 0 Å². The standard InChI is InChI=1S/C23H27N3O4/c1-6-29-17-13-11-16(12-14-17)26-20(15(2)24-22(28)30-23(3,4)5)25-19-10-8-7-9-18(19)21(26)27/h7-15H,6H2,1-5H3,(H,24,28). The lowest BCUT2D eigenvalue weighted by Gasteiger charge is -2.23. The van der Waals surface area contributed by atoms with Crippen LogP contribution in [0.4, 0.5) is 4.79 Å². The van der Waals surface area contributed by atoms with Crippen LogP contribution in [-0.4, -0.2) is 27.9 Å². The zero-order valence-electron chi connectivity index (χ0n) is 17.9. The smallest absolute Gasteiger partial charge is 0.408 e. The van der Waals surface area contributed by atoms with Gasteiger partial charge in [0.25, 0.3) is 5.56 Å². The van der Waals surface area contributed by atoms with Crippen LogP contribution in [0.25, 0.3) is 16.6 Å². The molecular weight excluding hydrogens is 382 g/mol. The molecule has 158 valence electrons. The van der Waals surface area contributed by atoms with Crippen LogP contribution in [0.3, 0.4) is 0 Å². The third-order valence-corrected chi connectivity index (χ3v) is 4.33. The van der Waals surface area contributed by atoms with Crippen LogP contribution in [0.1, 0.15) is 46.5 Å². The van der Waals surface area contributed by atoms with E-state index in [1.54, 1.807) is 70.2 Å². The van der Waals surface area contributed by atoms with Crippen molar-refractivity contribution in [1.82, 2.24) is 14.9 Å². The summed E-state index contributed by atoms with van der Waals surface area (Å²) >= 11 is 0. The highest BCUT2D eigenvalue weighted by atomic mass is 16.6. The number of hydrogen-bond acceptors (Lipinski definition) is 5. The van der Waals surface area contributed by atoms with Gasteiger partial charge in [-0.3, -0.25) is 9.36 Å². The van der Waals surface area contributed by atoms with Gasteiger partial charge in [-0.2, -0.15) is 0 Å². The van der Waals surface area contributed by atoms with Crippen LogP contribution in [0.15, 0.2) is 53.3 Å². The molecule has 0 aliphatic heterocycles. The first-order chi connectivity index (χ1) is 14.2. The Hall–Kier alpha value is -3.35. The molecule has 0 aliphatic rings. The highest BCUT2D eigenvalue weighted by molar-refractivity contribution is 5.78. The van der Waals surface area contributed by atoms with Crippen molar-refractivity contribution < 1.29 is 14.3 Å². The molecule has 2 aromatic carbocycles. The first-order valence-corrected chi connectivity index (χ1v) is 9.94. The maximum absolute atomic E-state index is 13.3. The highest BCUT2D eigenvalue weighted by Gasteiger charge is 2.22. The number of rotatable bonds is 5. The predicted molar refractivity (Wildman–Crippen MR) is 116 cm³/mol. The Morgan fingerprint density at radius 2 is 1.80 bits per heavy atom. The van der Waals surface area contributed by atoms with Crippen LogP contribution in [0, 0.1) is 0 Å². The lowest BCUT2D eigenvalue weighted by molar-refractivity contribution is 0.0505. The largest absolute Gasteiger partial charge is 0.494 e. The molecule has 7 heteroatoms. The molecule has 1 heterocycles. The van der Waals surface area contributed by atoms with Gasteiger partial charge in [0.15, 0.2) is 0 Å². The molecule has 0 spiro atoms. The van der Waals surface area contributed by atoms with Gasteiger partial charge in [-0.05, 0) is 71.0 Å². The second kappa shape index (κ2) is 8.57. The van der Waals surface area contributed by atoms with Crippen molar-refractivity contribution in [3.05, 3.63) is 64.7 Å². The fraction of sp³-hybridized carbons (Fsp3) is 0.348.